The number of thioether (sulfide) groups is 1. The summed E-state index contributed by atoms with van der Waals surface area (Å²) in [4.78, 5) is 16.1. The summed E-state index contributed by atoms with van der Waals surface area (Å²) in [6.07, 6.45) is 3.42. The molecule has 0 unspecified atom stereocenters. The number of rotatable bonds is 10. The van der Waals surface area contributed by atoms with E-state index in [4.69, 9.17) is 9.47 Å². The molecule has 9 heteroatoms. The fraction of sp³-hybridized carbons (Fsp3) is 0.300. The van der Waals surface area contributed by atoms with Crippen molar-refractivity contribution < 1.29 is 14.3 Å². The Hall–Kier alpha value is -2.91. The van der Waals surface area contributed by atoms with E-state index < -0.39 is 0 Å². The highest BCUT2D eigenvalue weighted by Crippen LogP contribution is 2.28. The van der Waals surface area contributed by atoms with Crippen LogP contribution in [0.2, 0.25) is 0 Å². The van der Waals surface area contributed by atoms with Gasteiger partial charge in [-0.15, -0.1) is 10.2 Å². The first-order valence-corrected chi connectivity index (χ1v) is 10.2. The van der Waals surface area contributed by atoms with Crippen molar-refractivity contribution in [2.75, 3.05) is 32.6 Å². The number of methoxy groups -OCH3 is 1. The Bertz CT molecular complexity index is 916. The van der Waals surface area contributed by atoms with Crippen molar-refractivity contribution in [3.05, 3.63) is 48.8 Å². The molecule has 1 aromatic carbocycles. The Kier molecular flexibility index (Phi) is 7.60. The maximum absolute atomic E-state index is 12.1. The van der Waals surface area contributed by atoms with Crippen LogP contribution in [0.5, 0.6) is 5.75 Å². The van der Waals surface area contributed by atoms with E-state index in [1.807, 2.05) is 47.9 Å². The largest absolute Gasteiger partial charge is 0.494 e. The number of pyridine rings is 1. The van der Waals surface area contributed by atoms with Gasteiger partial charge in [0.15, 0.2) is 11.0 Å². The van der Waals surface area contributed by atoms with Gasteiger partial charge in [0.2, 0.25) is 5.91 Å². The molecule has 1 amide bonds. The molecule has 152 valence electrons. The Labute approximate surface area is 173 Å². The summed E-state index contributed by atoms with van der Waals surface area (Å²) in [6, 6.07) is 11.5. The summed E-state index contributed by atoms with van der Waals surface area (Å²) >= 11 is 1.33. The zero-order chi connectivity index (χ0) is 20.5. The van der Waals surface area contributed by atoms with E-state index >= 15 is 0 Å². The maximum atomic E-state index is 12.1. The summed E-state index contributed by atoms with van der Waals surface area (Å²) in [7, 11) is 1.60. The van der Waals surface area contributed by atoms with Crippen molar-refractivity contribution in [1.82, 2.24) is 25.1 Å². The highest BCUT2D eigenvalue weighted by atomic mass is 32.2. The number of carbonyl (C=O) groups excluding carboxylic acids is 1. The van der Waals surface area contributed by atoms with E-state index in [9.17, 15) is 4.79 Å². The van der Waals surface area contributed by atoms with Crippen LogP contribution in [-0.2, 0) is 9.53 Å². The second-order valence-corrected chi connectivity index (χ2v) is 6.88. The first-order valence-electron chi connectivity index (χ1n) is 9.20. The second kappa shape index (κ2) is 10.6. The van der Waals surface area contributed by atoms with Gasteiger partial charge in [-0.3, -0.25) is 14.3 Å². The van der Waals surface area contributed by atoms with Crippen LogP contribution in [0, 0.1) is 0 Å². The fourth-order valence-electron chi connectivity index (χ4n) is 2.62. The topological polar surface area (TPSA) is 91.2 Å². The van der Waals surface area contributed by atoms with Gasteiger partial charge >= 0.3 is 0 Å². The van der Waals surface area contributed by atoms with Crippen LogP contribution in [0.4, 0.5) is 0 Å². The fourth-order valence-corrected chi connectivity index (χ4v) is 3.40. The van der Waals surface area contributed by atoms with Crippen LogP contribution >= 0.6 is 11.8 Å². The third-order valence-corrected chi connectivity index (χ3v) is 4.87. The summed E-state index contributed by atoms with van der Waals surface area (Å²) in [5.41, 5.74) is 1.77. The van der Waals surface area contributed by atoms with E-state index in [0.29, 0.717) is 30.7 Å². The summed E-state index contributed by atoms with van der Waals surface area (Å²) in [6.45, 7) is 3.50. The number of nitrogens with one attached hydrogen (secondary N) is 1. The number of aromatic nitrogens is 4. The SMILES string of the molecule is CCOc1ccc(-n2c(SCC(=O)NCCOC)nnc2-c2ccncc2)cc1. The molecule has 8 nitrogen and oxygen atoms in total. The molecule has 0 spiro atoms. The zero-order valence-corrected chi connectivity index (χ0v) is 17.2. The lowest BCUT2D eigenvalue weighted by Crippen LogP contribution is -2.28. The average molecular weight is 414 g/mol. The Morgan fingerprint density at radius 1 is 1.14 bits per heavy atom. The minimum Gasteiger partial charge on any atom is -0.494 e. The van der Waals surface area contributed by atoms with Crippen LogP contribution in [0.15, 0.2) is 53.9 Å². The molecule has 0 aliphatic heterocycles. The molecule has 3 aromatic rings. The van der Waals surface area contributed by atoms with Crippen molar-refractivity contribution in [3.63, 3.8) is 0 Å². The zero-order valence-electron chi connectivity index (χ0n) is 16.4. The van der Waals surface area contributed by atoms with Crippen molar-refractivity contribution in [1.29, 1.82) is 0 Å². The van der Waals surface area contributed by atoms with Crippen molar-refractivity contribution in [2.45, 2.75) is 12.1 Å². The van der Waals surface area contributed by atoms with Gasteiger partial charge in [0.1, 0.15) is 5.75 Å². The molecule has 2 aromatic heterocycles. The molecule has 0 atom stereocenters. The predicted molar refractivity (Wildman–Crippen MR) is 111 cm³/mol. The first kappa shape index (κ1) is 20.8. The number of hydrogen-bond donors (Lipinski definition) is 1. The molecule has 1 N–H and O–H groups in total. The van der Waals surface area contributed by atoms with Gasteiger partial charge in [-0.1, -0.05) is 11.8 Å². The standard InChI is InChI=1S/C20H23N5O3S/c1-3-28-17-6-4-16(5-7-17)25-19(15-8-10-21-11-9-15)23-24-20(25)29-14-18(26)22-12-13-27-2/h4-11H,3,12-14H2,1-2H3,(H,22,26). The van der Waals surface area contributed by atoms with E-state index in [-0.39, 0.29) is 11.7 Å². The molecule has 0 fully saturated rings. The van der Waals surface area contributed by atoms with Crippen molar-refractivity contribution in [3.8, 4) is 22.8 Å². The van der Waals surface area contributed by atoms with Gasteiger partial charge in [-0.2, -0.15) is 0 Å². The molecule has 0 bridgehead atoms. The minimum atomic E-state index is -0.0845. The van der Waals surface area contributed by atoms with Crippen LogP contribution < -0.4 is 10.1 Å². The van der Waals surface area contributed by atoms with E-state index in [1.54, 1.807) is 19.5 Å². The lowest BCUT2D eigenvalue weighted by Gasteiger charge is -2.11. The van der Waals surface area contributed by atoms with Crippen LogP contribution in [0.25, 0.3) is 17.1 Å². The summed E-state index contributed by atoms with van der Waals surface area (Å²) in [5.74, 6) is 1.62. The van der Waals surface area contributed by atoms with Gasteiger partial charge in [0, 0.05) is 37.3 Å². The number of nitrogens with zero attached hydrogens (tertiary/aromatic N) is 4. The lowest BCUT2D eigenvalue weighted by atomic mass is 10.2. The third-order valence-electron chi connectivity index (χ3n) is 3.94. The van der Waals surface area contributed by atoms with Gasteiger partial charge in [-0.25, -0.2) is 0 Å². The van der Waals surface area contributed by atoms with Gasteiger partial charge in [0.05, 0.1) is 19.0 Å². The van der Waals surface area contributed by atoms with Gasteiger partial charge in [0.25, 0.3) is 0 Å². The second-order valence-electron chi connectivity index (χ2n) is 5.94. The average Bonchev–Trinajstić information content (AvgIpc) is 3.18. The van der Waals surface area contributed by atoms with Crippen LogP contribution in [0.1, 0.15) is 6.92 Å². The third kappa shape index (κ3) is 5.55. The highest BCUT2D eigenvalue weighted by Gasteiger charge is 2.17. The molecule has 0 aliphatic rings. The van der Waals surface area contributed by atoms with E-state index in [0.717, 1.165) is 17.0 Å². The Balaban J connectivity index is 1.86. The monoisotopic (exact) mass is 413 g/mol. The van der Waals surface area contributed by atoms with Crippen LogP contribution in [-0.4, -0.2) is 58.3 Å². The summed E-state index contributed by atoms with van der Waals surface area (Å²) in [5, 5.41) is 12.1. The molecule has 2 heterocycles. The molecular weight excluding hydrogens is 390 g/mol. The van der Waals surface area contributed by atoms with Crippen molar-refractivity contribution in [2.24, 2.45) is 0 Å². The molecule has 3 rings (SSSR count). The molecule has 0 aliphatic carbocycles. The molecule has 0 saturated heterocycles. The predicted octanol–water partition coefficient (Wildman–Crippen LogP) is 2.58. The number of ether oxygens (including phenoxy) is 2. The summed E-state index contributed by atoms with van der Waals surface area (Å²) < 4.78 is 12.4. The quantitative estimate of drug-likeness (QED) is 0.403. The minimum absolute atomic E-state index is 0.0845. The Morgan fingerprint density at radius 3 is 2.59 bits per heavy atom. The van der Waals surface area contributed by atoms with E-state index in [2.05, 4.69) is 20.5 Å². The van der Waals surface area contributed by atoms with Crippen molar-refractivity contribution >= 4 is 17.7 Å². The number of amides is 1. The van der Waals surface area contributed by atoms with Gasteiger partial charge in [-0.05, 0) is 43.3 Å². The molecule has 0 radical (unpaired) electrons. The molecule has 29 heavy (non-hydrogen) atoms. The Morgan fingerprint density at radius 2 is 1.90 bits per heavy atom. The smallest absolute Gasteiger partial charge is 0.230 e. The number of hydrogen-bond acceptors (Lipinski definition) is 7. The number of carbonyl (C=O) groups is 1. The van der Waals surface area contributed by atoms with Gasteiger partial charge < -0.3 is 14.8 Å². The number of benzene rings is 1. The first-order chi connectivity index (χ1) is 14.2. The van der Waals surface area contributed by atoms with Crippen LogP contribution in [0.3, 0.4) is 0 Å². The normalized spacial score (nSPS) is 10.7. The van der Waals surface area contributed by atoms with E-state index in [1.165, 1.54) is 11.8 Å². The maximum Gasteiger partial charge on any atom is 0.230 e. The highest BCUT2D eigenvalue weighted by molar-refractivity contribution is 7.99. The lowest BCUT2D eigenvalue weighted by molar-refractivity contribution is -0.118. The molecular formula is C20H23N5O3S. The molecule has 0 saturated carbocycles.